The molecule has 3 N–H and O–H groups in total. The van der Waals surface area contributed by atoms with E-state index in [9.17, 15) is 4.79 Å². The van der Waals surface area contributed by atoms with Crippen molar-refractivity contribution in [1.82, 2.24) is 4.90 Å². The Labute approximate surface area is 107 Å². The van der Waals surface area contributed by atoms with E-state index < -0.39 is 0 Å². The second-order valence-electron chi connectivity index (χ2n) is 4.51. The van der Waals surface area contributed by atoms with Gasteiger partial charge >= 0.3 is 0 Å². The topological polar surface area (TPSA) is 66.6 Å². The summed E-state index contributed by atoms with van der Waals surface area (Å²) in [7, 11) is 0. The van der Waals surface area contributed by atoms with Crippen molar-refractivity contribution in [3.05, 3.63) is 35.9 Å². The lowest BCUT2D eigenvalue weighted by Gasteiger charge is -2.21. The molecule has 1 atom stereocenters. The van der Waals surface area contributed by atoms with Gasteiger partial charge in [0.25, 0.3) is 0 Å². The van der Waals surface area contributed by atoms with Crippen LogP contribution in [0.4, 0.5) is 5.69 Å². The van der Waals surface area contributed by atoms with Crippen molar-refractivity contribution in [3.8, 4) is 0 Å². The van der Waals surface area contributed by atoms with Crippen LogP contribution < -0.4 is 5.73 Å². The Balaban J connectivity index is 2.00. The maximum atomic E-state index is 12.0. The molecular formula is C14H18N2O2. The number of hydrogen-bond acceptors (Lipinski definition) is 3. The van der Waals surface area contributed by atoms with E-state index in [1.807, 2.05) is 12.1 Å². The normalized spacial score (nSPS) is 19.6. The van der Waals surface area contributed by atoms with Gasteiger partial charge in [0.1, 0.15) is 0 Å². The summed E-state index contributed by atoms with van der Waals surface area (Å²) in [4.78, 5) is 13.7. The molecule has 0 aliphatic carbocycles. The average Bonchev–Trinajstić information content (AvgIpc) is 2.86. The van der Waals surface area contributed by atoms with Gasteiger partial charge in [0.15, 0.2) is 0 Å². The second kappa shape index (κ2) is 5.69. The third-order valence-electron chi connectivity index (χ3n) is 3.23. The van der Waals surface area contributed by atoms with Gasteiger partial charge in [0.2, 0.25) is 5.91 Å². The van der Waals surface area contributed by atoms with Crippen molar-refractivity contribution >= 4 is 17.7 Å². The minimum atomic E-state index is -0.0385. The summed E-state index contributed by atoms with van der Waals surface area (Å²) >= 11 is 0. The van der Waals surface area contributed by atoms with E-state index in [0.717, 1.165) is 24.9 Å². The van der Waals surface area contributed by atoms with Crippen LogP contribution in [0, 0.1) is 0 Å². The van der Waals surface area contributed by atoms with Gasteiger partial charge in [-0.1, -0.05) is 12.1 Å². The van der Waals surface area contributed by atoms with E-state index in [1.54, 1.807) is 29.2 Å². The number of carbonyl (C=O) groups is 1. The number of amides is 1. The molecule has 0 bridgehead atoms. The van der Waals surface area contributed by atoms with Crippen LogP contribution in [0.3, 0.4) is 0 Å². The Hall–Kier alpha value is -1.81. The van der Waals surface area contributed by atoms with Gasteiger partial charge in [-0.2, -0.15) is 0 Å². The molecule has 0 spiro atoms. The molecule has 1 aliphatic rings. The molecule has 4 nitrogen and oxygen atoms in total. The van der Waals surface area contributed by atoms with Crippen molar-refractivity contribution in [2.24, 2.45) is 0 Å². The van der Waals surface area contributed by atoms with Crippen molar-refractivity contribution in [2.45, 2.75) is 18.9 Å². The van der Waals surface area contributed by atoms with E-state index in [0.29, 0.717) is 5.69 Å². The van der Waals surface area contributed by atoms with Gasteiger partial charge in [0.05, 0.1) is 12.6 Å². The average molecular weight is 246 g/mol. The fourth-order valence-electron chi connectivity index (χ4n) is 2.19. The van der Waals surface area contributed by atoms with Gasteiger partial charge < -0.3 is 15.7 Å². The zero-order valence-electron chi connectivity index (χ0n) is 10.2. The summed E-state index contributed by atoms with van der Waals surface area (Å²) in [5, 5.41) is 9.17. The molecule has 96 valence electrons. The first-order chi connectivity index (χ1) is 8.70. The van der Waals surface area contributed by atoms with Crippen LogP contribution in [0.5, 0.6) is 0 Å². The molecule has 0 aromatic heterocycles. The van der Waals surface area contributed by atoms with Crippen LogP contribution in [0.25, 0.3) is 6.08 Å². The first-order valence-electron chi connectivity index (χ1n) is 6.16. The lowest BCUT2D eigenvalue weighted by atomic mass is 10.2. The number of nitrogens with zero attached hydrogens (tertiary/aromatic N) is 1. The van der Waals surface area contributed by atoms with Crippen molar-refractivity contribution < 1.29 is 9.90 Å². The summed E-state index contributed by atoms with van der Waals surface area (Å²) in [5.41, 5.74) is 7.24. The molecular weight excluding hydrogens is 228 g/mol. The summed E-state index contributed by atoms with van der Waals surface area (Å²) < 4.78 is 0. The van der Waals surface area contributed by atoms with Gasteiger partial charge in [0, 0.05) is 18.3 Å². The minimum absolute atomic E-state index is 0.0198. The monoisotopic (exact) mass is 246 g/mol. The summed E-state index contributed by atoms with van der Waals surface area (Å²) in [6, 6.07) is 7.32. The summed E-state index contributed by atoms with van der Waals surface area (Å²) in [6.45, 7) is 0.775. The van der Waals surface area contributed by atoms with Crippen LogP contribution in [0.15, 0.2) is 30.3 Å². The largest absolute Gasteiger partial charge is 0.399 e. The lowest BCUT2D eigenvalue weighted by Crippen LogP contribution is -2.36. The molecule has 0 unspecified atom stereocenters. The second-order valence-corrected chi connectivity index (χ2v) is 4.51. The van der Waals surface area contributed by atoms with Crippen LogP contribution in [-0.2, 0) is 4.79 Å². The maximum absolute atomic E-state index is 12.0. The number of aliphatic hydroxyl groups excluding tert-OH is 1. The molecule has 1 aliphatic heterocycles. The Morgan fingerprint density at radius 1 is 1.44 bits per heavy atom. The molecule has 1 aromatic rings. The third kappa shape index (κ3) is 2.90. The van der Waals surface area contributed by atoms with Gasteiger partial charge in [-0.15, -0.1) is 0 Å². The van der Waals surface area contributed by atoms with Crippen LogP contribution in [-0.4, -0.2) is 35.1 Å². The number of likely N-dealkylation sites (tertiary alicyclic amines) is 1. The lowest BCUT2D eigenvalue weighted by molar-refractivity contribution is -0.127. The van der Waals surface area contributed by atoms with E-state index >= 15 is 0 Å². The van der Waals surface area contributed by atoms with Crippen molar-refractivity contribution in [2.75, 3.05) is 18.9 Å². The number of nitrogens with two attached hydrogens (primary N) is 1. The van der Waals surface area contributed by atoms with Crippen molar-refractivity contribution in [3.63, 3.8) is 0 Å². The number of hydrogen-bond donors (Lipinski definition) is 2. The standard InChI is InChI=1S/C14H18N2O2/c15-12-6-3-11(4-7-12)5-8-14(18)16-9-1-2-13(16)10-17/h3-8,13,17H,1-2,9-10,15H2/b8-5+/t13-/m1/s1. The maximum Gasteiger partial charge on any atom is 0.246 e. The Morgan fingerprint density at radius 2 is 2.17 bits per heavy atom. The highest BCUT2D eigenvalue weighted by atomic mass is 16.3. The quantitative estimate of drug-likeness (QED) is 0.623. The molecule has 2 rings (SSSR count). The SMILES string of the molecule is Nc1ccc(/C=C/C(=O)N2CCC[C@@H]2CO)cc1. The highest BCUT2D eigenvalue weighted by Gasteiger charge is 2.26. The smallest absolute Gasteiger partial charge is 0.246 e. The molecule has 0 radical (unpaired) electrons. The predicted octanol–water partition coefficient (Wildman–Crippen LogP) is 1.27. The zero-order valence-corrected chi connectivity index (χ0v) is 10.2. The number of aliphatic hydroxyl groups is 1. The molecule has 1 fully saturated rings. The van der Waals surface area contributed by atoms with E-state index in [-0.39, 0.29) is 18.6 Å². The molecule has 1 amide bonds. The minimum Gasteiger partial charge on any atom is -0.399 e. The van der Waals surface area contributed by atoms with Crippen LogP contribution in [0.2, 0.25) is 0 Å². The van der Waals surface area contributed by atoms with Gasteiger partial charge in [-0.25, -0.2) is 0 Å². The summed E-state index contributed by atoms with van der Waals surface area (Å²) in [6.07, 6.45) is 5.18. The van der Waals surface area contributed by atoms with Crippen LogP contribution in [0.1, 0.15) is 18.4 Å². The molecule has 0 saturated carbocycles. The molecule has 1 heterocycles. The number of rotatable bonds is 3. The first kappa shape index (κ1) is 12.6. The zero-order chi connectivity index (χ0) is 13.0. The number of carbonyl (C=O) groups excluding carboxylic acids is 1. The highest BCUT2D eigenvalue weighted by Crippen LogP contribution is 2.17. The Bertz CT molecular complexity index is 440. The molecule has 18 heavy (non-hydrogen) atoms. The Morgan fingerprint density at radius 3 is 2.83 bits per heavy atom. The molecule has 1 saturated heterocycles. The Kier molecular flexibility index (Phi) is 3.99. The molecule has 1 aromatic carbocycles. The fourth-order valence-corrected chi connectivity index (χ4v) is 2.19. The predicted molar refractivity (Wildman–Crippen MR) is 71.7 cm³/mol. The summed E-state index contributed by atoms with van der Waals surface area (Å²) in [5.74, 6) is -0.0385. The number of nitrogen functional groups attached to an aromatic ring is 1. The van der Waals surface area contributed by atoms with Crippen LogP contribution >= 0.6 is 0 Å². The van der Waals surface area contributed by atoms with Gasteiger partial charge in [-0.3, -0.25) is 4.79 Å². The van der Waals surface area contributed by atoms with E-state index in [1.165, 1.54) is 0 Å². The number of anilines is 1. The fraction of sp³-hybridized carbons (Fsp3) is 0.357. The van der Waals surface area contributed by atoms with Gasteiger partial charge in [-0.05, 0) is 36.6 Å². The molecule has 4 heteroatoms. The van der Waals surface area contributed by atoms with E-state index in [4.69, 9.17) is 10.8 Å². The first-order valence-corrected chi connectivity index (χ1v) is 6.16. The van der Waals surface area contributed by atoms with Crippen molar-refractivity contribution in [1.29, 1.82) is 0 Å². The van der Waals surface area contributed by atoms with E-state index in [2.05, 4.69) is 0 Å². The number of benzene rings is 1. The highest BCUT2D eigenvalue weighted by molar-refractivity contribution is 5.92. The third-order valence-corrected chi connectivity index (χ3v) is 3.23.